The number of amides is 3. The normalized spacial score (nSPS) is 18.3. The van der Waals surface area contributed by atoms with Crippen molar-refractivity contribution in [2.24, 2.45) is 0 Å². The fourth-order valence-electron chi connectivity index (χ4n) is 1.65. The second-order valence-corrected chi connectivity index (χ2v) is 5.55. The van der Waals surface area contributed by atoms with E-state index >= 15 is 0 Å². The number of thioether (sulfide) groups is 1. The van der Waals surface area contributed by atoms with Gasteiger partial charge in [-0.05, 0) is 25.0 Å². The summed E-state index contributed by atoms with van der Waals surface area (Å²) in [6.45, 7) is 0.568. The van der Waals surface area contributed by atoms with Gasteiger partial charge in [-0.1, -0.05) is 0 Å². The summed E-state index contributed by atoms with van der Waals surface area (Å²) < 4.78 is 0. The van der Waals surface area contributed by atoms with E-state index in [-0.39, 0.29) is 19.3 Å². The van der Waals surface area contributed by atoms with E-state index in [4.69, 9.17) is 5.11 Å². The van der Waals surface area contributed by atoms with Crippen LogP contribution in [0.4, 0.5) is 4.79 Å². The Hall–Kier alpha value is -1.24. The van der Waals surface area contributed by atoms with E-state index in [2.05, 4.69) is 10.6 Å². The summed E-state index contributed by atoms with van der Waals surface area (Å²) in [5.41, 5.74) is 0. The van der Waals surface area contributed by atoms with E-state index in [1.54, 1.807) is 0 Å². The van der Waals surface area contributed by atoms with Crippen LogP contribution >= 0.6 is 11.8 Å². The van der Waals surface area contributed by atoms with Gasteiger partial charge in [0.05, 0.1) is 0 Å². The standard InChI is InChI=1S/C11H18N2O4S/c14-9(4-1-5-10(15)16)13-11(17)12-7-8-3-2-6-18-8/h8H,1-7H2,(H,15,16)(H2,12,13,14,17). The highest BCUT2D eigenvalue weighted by molar-refractivity contribution is 8.00. The van der Waals surface area contributed by atoms with E-state index < -0.39 is 17.9 Å². The molecule has 102 valence electrons. The molecular weight excluding hydrogens is 256 g/mol. The first-order valence-electron chi connectivity index (χ1n) is 5.99. The summed E-state index contributed by atoms with van der Waals surface area (Å²) >= 11 is 1.83. The Balaban J connectivity index is 2.07. The van der Waals surface area contributed by atoms with Crippen LogP contribution < -0.4 is 10.6 Å². The maximum Gasteiger partial charge on any atom is 0.321 e. The lowest BCUT2D eigenvalue weighted by molar-refractivity contribution is -0.137. The van der Waals surface area contributed by atoms with Crippen LogP contribution in [-0.2, 0) is 9.59 Å². The summed E-state index contributed by atoms with van der Waals surface area (Å²) in [4.78, 5) is 32.8. The van der Waals surface area contributed by atoms with Gasteiger partial charge in [0.15, 0.2) is 0 Å². The van der Waals surface area contributed by atoms with Crippen molar-refractivity contribution in [2.45, 2.75) is 37.4 Å². The molecule has 0 spiro atoms. The van der Waals surface area contributed by atoms with Gasteiger partial charge in [0.1, 0.15) is 0 Å². The molecule has 1 rings (SSSR count). The van der Waals surface area contributed by atoms with Crippen LogP contribution in [0.2, 0.25) is 0 Å². The third kappa shape index (κ3) is 6.48. The van der Waals surface area contributed by atoms with Gasteiger partial charge >= 0.3 is 12.0 Å². The molecule has 18 heavy (non-hydrogen) atoms. The lowest BCUT2D eigenvalue weighted by Gasteiger charge is -2.10. The first-order valence-corrected chi connectivity index (χ1v) is 7.04. The van der Waals surface area contributed by atoms with Gasteiger partial charge in [0, 0.05) is 24.6 Å². The van der Waals surface area contributed by atoms with E-state index in [0.29, 0.717) is 11.8 Å². The molecule has 6 nitrogen and oxygen atoms in total. The molecular formula is C11H18N2O4S. The molecule has 1 saturated heterocycles. The van der Waals surface area contributed by atoms with Crippen LogP contribution in [-0.4, -0.2) is 40.6 Å². The molecule has 1 unspecified atom stereocenters. The Morgan fingerprint density at radius 2 is 2.06 bits per heavy atom. The molecule has 0 aromatic heterocycles. The quantitative estimate of drug-likeness (QED) is 0.670. The molecule has 1 fully saturated rings. The second-order valence-electron chi connectivity index (χ2n) is 4.14. The Morgan fingerprint density at radius 3 is 2.67 bits per heavy atom. The van der Waals surface area contributed by atoms with Crippen molar-refractivity contribution in [1.29, 1.82) is 0 Å². The lowest BCUT2D eigenvalue weighted by atomic mass is 10.2. The number of carboxylic acids is 1. The molecule has 1 atom stereocenters. The zero-order valence-electron chi connectivity index (χ0n) is 10.1. The average Bonchev–Trinajstić information content (AvgIpc) is 2.78. The Bertz CT molecular complexity index is 316. The number of hydrogen-bond acceptors (Lipinski definition) is 4. The smallest absolute Gasteiger partial charge is 0.321 e. The molecule has 1 aliphatic heterocycles. The Labute approximate surface area is 110 Å². The number of nitrogens with one attached hydrogen (secondary N) is 2. The summed E-state index contributed by atoms with van der Waals surface area (Å²) in [7, 11) is 0. The molecule has 0 bridgehead atoms. The van der Waals surface area contributed by atoms with Crippen molar-refractivity contribution in [3.63, 3.8) is 0 Å². The first-order chi connectivity index (χ1) is 8.58. The van der Waals surface area contributed by atoms with Crippen LogP contribution in [0.5, 0.6) is 0 Å². The van der Waals surface area contributed by atoms with Crippen LogP contribution in [0.3, 0.4) is 0 Å². The highest BCUT2D eigenvalue weighted by Crippen LogP contribution is 2.25. The minimum Gasteiger partial charge on any atom is -0.481 e. The van der Waals surface area contributed by atoms with Gasteiger partial charge in [-0.2, -0.15) is 11.8 Å². The van der Waals surface area contributed by atoms with Crippen molar-refractivity contribution in [2.75, 3.05) is 12.3 Å². The van der Waals surface area contributed by atoms with Crippen LogP contribution in [0.25, 0.3) is 0 Å². The predicted octanol–water partition coefficient (Wildman–Crippen LogP) is 0.963. The van der Waals surface area contributed by atoms with Gasteiger partial charge in [-0.15, -0.1) is 0 Å². The highest BCUT2D eigenvalue weighted by atomic mass is 32.2. The average molecular weight is 274 g/mol. The monoisotopic (exact) mass is 274 g/mol. The van der Waals surface area contributed by atoms with Crippen molar-refractivity contribution < 1.29 is 19.5 Å². The molecule has 7 heteroatoms. The molecule has 1 aliphatic rings. The number of carbonyl (C=O) groups is 3. The molecule has 0 saturated carbocycles. The zero-order valence-corrected chi connectivity index (χ0v) is 10.9. The van der Waals surface area contributed by atoms with Crippen molar-refractivity contribution in [3.8, 4) is 0 Å². The van der Waals surface area contributed by atoms with Crippen molar-refractivity contribution in [1.82, 2.24) is 10.6 Å². The SMILES string of the molecule is O=C(O)CCCC(=O)NC(=O)NCC1CCCS1. The number of rotatable bonds is 6. The number of urea groups is 1. The number of carboxylic acid groups (broad SMARTS) is 1. The molecule has 3 amide bonds. The minimum absolute atomic E-state index is 0.0535. The van der Waals surface area contributed by atoms with E-state index in [0.717, 1.165) is 12.2 Å². The fourth-order valence-corrected chi connectivity index (χ4v) is 2.85. The largest absolute Gasteiger partial charge is 0.481 e. The second kappa shape index (κ2) is 7.97. The van der Waals surface area contributed by atoms with E-state index in [1.165, 1.54) is 6.42 Å². The minimum atomic E-state index is -0.939. The number of aliphatic carboxylic acids is 1. The maximum atomic E-state index is 11.3. The molecule has 0 aliphatic carbocycles. The summed E-state index contributed by atoms with van der Waals surface area (Å²) in [5.74, 6) is -0.249. The summed E-state index contributed by atoms with van der Waals surface area (Å²) in [5, 5.41) is 13.7. The zero-order chi connectivity index (χ0) is 13.4. The maximum absolute atomic E-state index is 11.3. The fraction of sp³-hybridized carbons (Fsp3) is 0.727. The van der Waals surface area contributed by atoms with Crippen molar-refractivity contribution in [3.05, 3.63) is 0 Å². The van der Waals surface area contributed by atoms with Crippen LogP contribution in [0.15, 0.2) is 0 Å². The Kier molecular flexibility index (Phi) is 6.56. The van der Waals surface area contributed by atoms with E-state index in [1.807, 2.05) is 11.8 Å². The van der Waals surface area contributed by atoms with Gasteiger partial charge < -0.3 is 10.4 Å². The topological polar surface area (TPSA) is 95.5 Å². The third-order valence-electron chi connectivity index (χ3n) is 2.56. The molecule has 3 N–H and O–H groups in total. The number of carbonyl (C=O) groups excluding carboxylic acids is 2. The van der Waals surface area contributed by atoms with Gasteiger partial charge in [-0.25, -0.2) is 4.79 Å². The lowest BCUT2D eigenvalue weighted by Crippen LogP contribution is -2.41. The summed E-state index contributed by atoms with van der Waals surface area (Å²) in [6.07, 6.45) is 2.50. The molecule has 1 heterocycles. The Morgan fingerprint density at radius 1 is 1.28 bits per heavy atom. The van der Waals surface area contributed by atoms with Crippen LogP contribution in [0, 0.1) is 0 Å². The molecule has 0 radical (unpaired) electrons. The first kappa shape index (κ1) is 14.8. The number of hydrogen-bond donors (Lipinski definition) is 3. The predicted molar refractivity (Wildman–Crippen MR) is 68.5 cm³/mol. The third-order valence-corrected chi connectivity index (χ3v) is 3.96. The van der Waals surface area contributed by atoms with Gasteiger partial charge in [0.25, 0.3) is 0 Å². The highest BCUT2D eigenvalue weighted by Gasteiger charge is 2.16. The number of imide groups is 1. The molecule has 0 aromatic rings. The van der Waals surface area contributed by atoms with E-state index in [9.17, 15) is 14.4 Å². The summed E-state index contributed by atoms with van der Waals surface area (Å²) in [6, 6.07) is -0.497. The van der Waals surface area contributed by atoms with Gasteiger partial charge in [-0.3, -0.25) is 14.9 Å². The van der Waals surface area contributed by atoms with Crippen LogP contribution in [0.1, 0.15) is 32.1 Å². The van der Waals surface area contributed by atoms with Gasteiger partial charge in [0.2, 0.25) is 5.91 Å². The molecule has 0 aromatic carbocycles. The van der Waals surface area contributed by atoms with Crippen molar-refractivity contribution >= 4 is 29.7 Å².